The Morgan fingerprint density at radius 2 is 1.69 bits per heavy atom. The SMILES string of the molecule is COc1ccnc(C(=O)C[C@@H](C)C(=O)O[C@H](C(C)C)[C@@H](C)Oc2ccccc2)c1OCOC(C)=O. The van der Waals surface area contributed by atoms with Gasteiger partial charge in [0.25, 0.3) is 0 Å². The molecule has 0 aliphatic rings. The Hall–Kier alpha value is -3.62. The van der Waals surface area contributed by atoms with Gasteiger partial charge in [0.05, 0.1) is 13.0 Å². The highest BCUT2D eigenvalue weighted by Crippen LogP contribution is 2.31. The quantitative estimate of drug-likeness (QED) is 0.233. The molecule has 9 heteroatoms. The first kappa shape index (κ1) is 27.6. The molecule has 190 valence electrons. The average Bonchev–Trinajstić information content (AvgIpc) is 2.82. The molecule has 0 aliphatic carbocycles. The number of nitrogens with zero attached hydrogens (tertiary/aromatic N) is 1. The van der Waals surface area contributed by atoms with Crippen LogP contribution in [0.25, 0.3) is 0 Å². The maximum absolute atomic E-state index is 13.0. The first-order valence-electron chi connectivity index (χ1n) is 11.4. The molecule has 0 saturated carbocycles. The lowest BCUT2D eigenvalue weighted by atomic mass is 10.00. The summed E-state index contributed by atoms with van der Waals surface area (Å²) in [6, 6.07) is 10.8. The second-order valence-electron chi connectivity index (χ2n) is 8.40. The molecule has 0 spiro atoms. The Kier molecular flexibility index (Phi) is 10.5. The minimum atomic E-state index is -0.748. The van der Waals surface area contributed by atoms with Crippen LogP contribution in [0.3, 0.4) is 0 Å². The fourth-order valence-corrected chi connectivity index (χ4v) is 3.36. The van der Waals surface area contributed by atoms with Gasteiger partial charge in [-0.3, -0.25) is 14.4 Å². The van der Waals surface area contributed by atoms with E-state index in [2.05, 4.69) is 4.98 Å². The second-order valence-corrected chi connectivity index (χ2v) is 8.40. The van der Waals surface area contributed by atoms with Crippen LogP contribution in [-0.4, -0.2) is 48.8 Å². The minimum Gasteiger partial charge on any atom is -0.493 e. The van der Waals surface area contributed by atoms with Crippen LogP contribution in [0.15, 0.2) is 42.6 Å². The molecule has 0 bridgehead atoms. The van der Waals surface area contributed by atoms with E-state index in [-0.39, 0.29) is 29.5 Å². The molecular formula is C26H33NO8. The third-order valence-electron chi connectivity index (χ3n) is 5.15. The number of pyridine rings is 1. The van der Waals surface area contributed by atoms with Crippen molar-refractivity contribution in [2.75, 3.05) is 13.9 Å². The van der Waals surface area contributed by atoms with Gasteiger partial charge in [-0.05, 0) is 25.0 Å². The van der Waals surface area contributed by atoms with Gasteiger partial charge in [0.1, 0.15) is 18.0 Å². The molecule has 0 N–H and O–H groups in total. The third-order valence-corrected chi connectivity index (χ3v) is 5.15. The lowest BCUT2D eigenvalue weighted by Crippen LogP contribution is -2.39. The molecular weight excluding hydrogens is 454 g/mol. The number of ether oxygens (including phenoxy) is 5. The van der Waals surface area contributed by atoms with E-state index in [9.17, 15) is 14.4 Å². The number of ketones is 1. The number of Topliss-reactive ketones (excluding diaryl/α,β-unsaturated/α-hetero) is 1. The molecule has 0 amide bonds. The number of carbonyl (C=O) groups excluding carboxylic acids is 3. The molecule has 2 rings (SSSR count). The van der Waals surface area contributed by atoms with Crippen LogP contribution in [0.2, 0.25) is 0 Å². The van der Waals surface area contributed by atoms with Crippen molar-refractivity contribution in [2.24, 2.45) is 11.8 Å². The highest BCUT2D eigenvalue weighted by molar-refractivity contribution is 5.99. The zero-order chi connectivity index (χ0) is 26.0. The molecule has 0 radical (unpaired) electrons. The smallest absolute Gasteiger partial charge is 0.309 e. The van der Waals surface area contributed by atoms with Crippen molar-refractivity contribution >= 4 is 17.7 Å². The Balaban J connectivity index is 2.08. The van der Waals surface area contributed by atoms with Crippen LogP contribution in [-0.2, 0) is 19.1 Å². The minimum absolute atomic E-state index is 0.0121. The van der Waals surface area contributed by atoms with E-state index in [1.54, 1.807) is 6.92 Å². The predicted molar refractivity (Wildman–Crippen MR) is 127 cm³/mol. The topological polar surface area (TPSA) is 110 Å². The second kappa shape index (κ2) is 13.3. The molecule has 3 atom stereocenters. The fraction of sp³-hybridized carbons (Fsp3) is 0.462. The van der Waals surface area contributed by atoms with Crippen molar-refractivity contribution in [2.45, 2.75) is 53.2 Å². The number of methoxy groups -OCH3 is 1. The van der Waals surface area contributed by atoms with Crippen molar-refractivity contribution in [3.8, 4) is 17.2 Å². The molecule has 35 heavy (non-hydrogen) atoms. The number of para-hydroxylation sites is 1. The van der Waals surface area contributed by atoms with Crippen molar-refractivity contribution in [1.82, 2.24) is 4.98 Å². The van der Waals surface area contributed by atoms with E-state index in [0.717, 1.165) is 0 Å². The molecule has 1 aromatic carbocycles. The Labute approximate surface area is 205 Å². The van der Waals surface area contributed by atoms with Gasteiger partial charge >= 0.3 is 11.9 Å². The largest absolute Gasteiger partial charge is 0.493 e. The van der Waals surface area contributed by atoms with Crippen LogP contribution in [0, 0.1) is 11.8 Å². The summed E-state index contributed by atoms with van der Waals surface area (Å²) in [5.41, 5.74) is -0.0302. The highest BCUT2D eigenvalue weighted by atomic mass is 16.7. The van der Waals surface area contributed by atoms with Gasteiger partial charge in [0.2, 0.25) is 6.79 Å². The number of benzene rings is 1. The molecule has 0 fully saturated rings. The molecule has 2 aromatic rings. The van der Waals surface area contributed by atoms with Crippen molar-refractivity contribution in [1.29, 1.82) is 0 Å². The van der Waals surface area contributed by atoms with Gasteiger partial charge in [-0.2, -0.15) is 0 Å². The Morgan fingerprint density at radius 1 is 1.00 bits per heavy atom. The summed E-state index contributed by atoms with van der Waals surface area (Å²) >= 11 is 0. The van der Waals surface area contributed by atoms with Gasteiger partial charge < -0.3 is 23.7 Å². The highest BCUT2D eigenvalue weighted by Gasteiger charge is 2.30. The van der Waals surface area contributed by atoms with Crippen LogP contribution in [0.4, 0.5) is 0 Å². The maximum atomic E-state index is 13.0. The maximum Gasteiger partial charge on any atom is 0.309 e. The summed E-state index contributed by atoms with van der Waals surface area (Å²) in [5, 5.41) is 0. The summed E-state index contributed by atoms with van der Waals surface area (Å²) in [4.78, 5) is 41.0. The molecule has 1 heterocycles. The summed E-state index contributed by atoms with van der Waals surface area (Å²) in [5.74, 6) is -1.31. The van der Waals surface area contributed by atoms with Crippen LogP contribution in [0.5, 0.6) is 17.2 Å². The summed E-state index contributed by atoms with van der Waals surface area (Å²) in [6.07, 6.45) is 0.315. The first-order valence-corrected chi connectivity index (χ1v) is 11.4. The van der Waals surface area contributed by atoms with Crippen molar-refractivity contribution < 1.29 is 38.1 Å². The van der Waals surface area contributed by atoms with E-state index in [4.69, 9.17) is 23.7 Å². The van der Waals surface area contributed by atoms with E-state index in [0.29, 0.717) is 5.75 Å². The van der Waals surface area contributed by atoms with E-state index >= 15 is 0 Å². The Bertz CT molecular complexity index is 992. The normalized spacial score (nSPS) is 13.3. The third kappa shape index (κ3) is 8.27. The van der Waals surface area contributed by atoms with Gasteiger partial charge in [-0.25, -0.2) is 4.98 Å². The number of aromatic nitrogens is 1. The first-order chi connectivity index (χ1) is 16.6. The fourth-order valence-electron chi connectivity index (χ4n) is 3.36. The van der Waals surface area contributed by atoms with Gasteiger partial charge in [0.15, 0.2) is 23.0 Å². The summed E-state index contributed by atoms with van der Waals surface area (Å²) in [7, 11) is 1.41. The number of hydrogen-bond acceptors (Lipinski definition) is 9. The summed E-state index contributed by atoms with van der Waals surface area (Å²) in [6.45, 7) is 8.15. The van der Waals surface area contributed by atoms with E-state index < -0.39 is 42.6 Å². The number of hydrogen-bond donors (Lipinski definition) is 0. The lowest BCUT2D eigenvalue weighted by Gasteiger charge is -2.29. The van der Waals surface area contributed by atoms with Crippen LogP contribution < -0.4 is 14.2 Å². The standard InChI is InChI=1S/C26H33NO8/c1-16(2)24(18(4)34-20-10-8-7-9-11-20)35-26(30)17(3)14-21(29)23-25(33-15-32-19(5)28)22(31-6)12-13-27-23/h7-13,16-18,24H,14-15H2,1-6H3/t17-,18-,24-/m1/s1. The predicted octanol–water partition coefficient (Wildman–Crippen LogP) is 4.23. The van der Waals surface area contributed by atoms with Gasteiger partial charge in [0, 0.05) is 25.6 Å². The number of rotatable bonds is 13. The van der Waals surface area contributed by atoms with Crippen molar-refractivity contribution in [3.63, 3.8) is 0 Å². The van der Waals surface area contributed by atoms with Crippen LogP contribution in [0.1, 0.15) is 51.5 Å². The molecule has 1 aromatic heterocycles. The Morgan fingerprint density at radius 3 is 2.29 bits per heavy atom. The molecule has 0 saturated heterocycles. The number of esters is 2. The zero-order valence-corrected chi connectivity index (χ0v) is 21.0. The monoisotopic (exact) mass is 487 g/mol. The average molecular weight is 488 g/mol. The summed E-state index contributed by atoms with van der Waals surface area (Å²) < 4.78 is 27.2. The lowest BCUT2D eigenvalue weighted by molar-refractivity contribution is -0.161. The van der Waals surface area contributed by atoms with Crippen LogP contribution >= 0.6 is 0 Å². The van der Waals surface area contributed by atoms with Crippen molar-refractivity contribution in [3.05, 3.63) is 48.3 Å². The van der Waals surface area contributed by atoms with E-state index in [1.807, 2.05) is 51.1 Å². The molecule has 0 unspecified atom stereocenters. The molecule has 0 aliphatic heterocycles. The van der Waals surface area contributed by atoms with E-state index in [1.165, 1.54) is 26.3 Å². The van der Waals surface area contributed by atoms with Gasteiger partial charge in [-0.1, -0.05) is 39.0 Å². The van der Waals surface area contributed by atoms with Gasteiger partial charge in [-0.15, -0.1) is 0 Å². The number of carbonyl (C=O) groups is 3. The zero-order valence-electron chi connectivity index (χ0n) is 21.0. The molecule has 9 nitrogen and oxygen atoms in total.